The smallest absolute Gasteiger partial charge is 0.158 e. The first-order valence-corrected chi connectivity index (χ1v) is 7.09. The zero-order valence-corrected chi connectivity index (χ0v) is 11.1. The fraction of sp³-hybridized carbons (Fsp3) is 0.692. The van der Waals surface area contributed by atoms with Crippen LogP contribution in [0.3, 0.4) is 0 Å². The molecule has 1 fully saturated rings. The van der Waals surface area contributed by atoms with Crippen LogP contribution in [0.4, 0.5) is 0 Å². The normalized spacial score (nSPS) is 20.7. The van der Waals surface area contributed by atoms with E-state index in [0.29, 0.717) is 6.61 Å². The van der Waals surface area contributed by atoms with Gasteiger partial charge in [0.2, 0.25) is 0 Å². The van der Waals surface area contributed by atoms with Gasteiger partial charge in [-0.25, -0.2) is 0 Å². The van der Waals surface area contributed by atoms with E-state index in [9.17, 15) is 0 Å². The summed E-state index contributed by atoms with van der Waals surface area (Å²) in [4.78, 5) is 2.25. The minimum atomic E-state index is -0.0341. The molecule has 1 atom stereocenters. The highest BCUT2D eigenvalue weighted by molar-refractivity contribution is 7.12. The number of aryl methyl sites for hydroxylation is 1. The number of rotatable bonds is 5. The number of aliphatic hydroxyl groups excluding tert-OH is 1. The van der Waals surface area contributed by atoms with Gasteiger partial charge in [0.05, 0.1) is 13.2 Å². The summed E-state index contributed by atoms with van der Waals surface area (Å²) >= 11 is 1.64. The zero-order valence-electron chi connectivity index (χ0n) is 10.3. The first-order valence-electron chi connectivity index (χ1n) is 6.28. The van der Waals surface area contributed by atoms with Gasteiger partial charge in [-0.1, -0.05) is 6.92 Å². The molecule has 0 spiro atoms. The molecule has 1 aliphatic heterocycles. The van der Waals surface area contributed by atoms with E-state index in [2.05, 4.69) is 13.0 Å². The van der Waals surface area contributed by atoms with E-state index in [0.717, 1.165) is 30.7 Å². The third-order valence-electron chi connectivity index (χ3n) is 3.02. The first kappa shape index (κ1) is 13.0. The largest absolute Gasteiger partial charge is 0.391 e. The second kappa shape index (κ2) is 6.50. The fourth-order valence-corrected chi connectivity index (χ4v) is 3.08. The van der Waals surface area contributed by atoms with Crippen molar-refractivity contribution >= 4 is 11.3 Å². The van der Waals surface area contributed by atoms with Gasteiger partial charge in [0.25, 0.3) is 0 Å². The Bertz CT molecular complexity index is 342. The van der Waals surface area contributed by atoms with Crippen LogP contribution in [-0.2, 0) is 29.1 Å². The third kappa shape index (κ3) is 3.52. The summed E-state index contributed by atoms with van der Waals surface area (Å²) in [5.41, 5.74) is 1.29. The lowest BCUT2D eigenvalue weighted by Crippen LogP contribution is -2.21. The second-order valence-corrected chi connectivity index (χ2v) is 5.50. The van der Waals surface area contributed by atoms with E-state index in [1.807, 2.05) is 0 Å². The van der Waals surface area contributed by atoms with Crippen molar-refractivity contribution in [1.82, 2.24) is 0 Å². The Morgan fingerprint density at radius 2 is 2.41 bits per heavy atom. The Morgan fingerprint density at radius 3 is 3.06 bits per heavy atom. The van der Waals surface area contributed by atoms with E-state index >= 15 is 0 Å². The van der Waals surface area contributed by atoms with E-state index in [1.54, 1.807) is 11.3 Å². The Morgan fingerprint density at radius 1 is 1.53 bits per heavy atom. The van der Waals surface area contributed by atoms with Crippen molar-refractivity contribution in [2.45, 2.75) is 52.1 Å². The lowest BCUT2D eigenvalue weighted by molar-refractivity contribution is -0.168. The molecule has 0 amide bonds. The molecule has 0 aliphatic carbocycles. The maximum atomic E-state index is 9.13. The van der Waals surface area contributed by atoms with E-state index in [4.69, 9.17) is 14.6 Å². The molecule has 2 heterocycles. The van der Waals surface area contributed by atoms with Crippen molar-refractivity contribution in [3.05, 3.63) is 21.4 Å². The Labute approximate surface area is 106 Å². The predicted molar refractivity (Wildman–Crippen MR) is 68.0 cm³/mol. The maximum absolute atomic E-state index is 9.13. The molecule has 96 valence electrons. The average Bonchev–Trinajstić information content (AvgIpc) is 2.80. The Balaban J connectivity index is 1.90. The van der Waals surface area contributed by atoms with E-state index in [1.165, 1.54) is 16.9 Å². The van der Waals surface area contributed by atoms with Crippen molar-refractivity contribution in [3.8, 4) is 0 Å². The van der Waals surface area contributed by atoms with Crippen LogP contribution >= 0.6 is 11.3 Å². The maximum Gasteiger partial charge on any atom is 0.158 e. The number of hydrogen-bond donors (Lipinski definition) is 1. The van der Waals surface area contributed by atoms with E-state index in [-0.39, 0.29) is 12.9 Å². The molecule has 1 aromatic rings. The number of hydrogen-bond acceptors (Lipinski definition) is 4. The topological polar surface area (TPSA) is 38.7 Å². The summed E-state index contributed by atoms with van der Waals surface area (Å²) in [5.74, 6) is 0. The average molecular weight is 256 g/mol. The monoisotopic (exact) mass is 256 g/mol. The van der Waals surface area contributed by atoms with Crippen molar-refractivity contribution in [2.24, 2.45) is 0 Å². The van der Waals surface area contributed by atoms with Gasteiger partial charge in [-0.3, -0.25) is 0 Å². The Hall–Kier alpha value is -0.420. The van der Waals surface area contributed by atoms with Crippen molar-refractivity contribution in [2.75, 3.05) is 6.61 Å². The molecule has 0 saturated carbocycles. The lowest BCUT2D eigenvalue weighted by atomic mass is 10.2. The van der Waals surface area contributed by atoms with Crippen LogP contribution in [0.1, 0.15) is 41.5 Å². The van der Waals surface area contributed by atoms with Crippen molar-refractivity contribution in [3.63, 3.8) is 0 Å². The number of ether oxygens (including phenoxy) is 2. The molecule has 1 aliphatic rings. The van der Waals surface area contributed by atoms with Gasteiger partial charge in [-0.2, -0.15) is 0 Å². The van der Waals surface area contributed by atoms with Crippen LogP contribution in [0.2, 0.25) is 0 Å². The number of thiophene rings is 1. The molecule has 1 unspecified atom stereocenters. The molecule has 2 rings (SSSR count). The standard InChI is InChI=1S/C13H20O3S/c1-2-10-7-11(8-14)17-12(10)9-16-13-5-3-4-6-15-13/h7,13-14H,2-6,8-9H2,1H3. The highest BCUT2D eigenvalue weighted by atomic mass is 32.1. The molecule has 3 nitrogen and oxygen atoms in total. The second-order valence-electron chi connectivity index (χ2n) is 4.28. The summed E-state index contributed by atoms with van der Waals surface area (Å²) in [7, 11) is 0. The van der Waals surface area contributed by atoms with Gasteiger partial charge >= 0.3 is 0 Å². The van der Waals surface area contributed by atoms with E-state index < -0.39 is 0 Å². The van der Waals surface area contributed by atoms with Gasteiger partial charge in [0.15, 0.2) is 6.29 Å². The zero-order chi connectivity index (χ0) is 12.1. The minimum absolute atomic E-state index is 0.0341. The molecular weight excluding hydrogens is 236 g/mol. The molecule has 17 heavy (non-hydrogen) atoms. The van der Waals surface area contributed by atoms with Crippen LogP contribution in [0, 0.1) is 0 Å². The molecule has 1 N–H and O–H groups in total. The molecule has 1 aromatic heterocycles. The summed E-state index contributed by atoms with van der Waals surface area (Å²) in [6.45, 7) is 3.68. The molecule has 1 saturated heterocycles. The van der Waals surface area contributed by atoms with Crippen LogP contribution in [0.5, 0.6) is 0 Å². The summed E-state index contributed by atoms with van der Waals surface area (Å²) in [6, 6.07) is 2.07. The van der Waals surface area contributed by atoms with Gasteiger partial charge in [-0.15, -0.1) is 11.3 Å². The molecule has 0 bridgehead atoms. The summed E-state index contributed by atoms with van der Waals surface area (Å²) in [5, 5.41) is 9.13. The third-order valence-corrected chi connectivity index (χ3v) is 4.16. The highest BCUT2D eigenvalue weighted by Crippen LogP contribution is 2.25. The van der Waals surface area contributed by atoms with Crippen LogP contribution in [-0.4, -0.2) is 18.0 Å². The highest BCUT2D eigenvalue weighted by Gasteiger charge is 2.15. The first-order chi connectivity index (χ1) is 8.33. The molecular formula is C13H20O3S. The quantitative estimate of drug-likeness (QED) is 0.880. The number of aliphatic hydroxyl groups is 1. The molecule has 4 heteroatoms. The molecule has 0 radical (unpaired) electrons. The summed E-state index contributed by atoms with van der Waals surface area (Å²) < 4.78 is 11.3. The van der Waals surface area contributed by atoms with Gasteiger partial charge < -0.3 is 14.6 Å². The van der Waals surface area contributed by atoms with Crippen molar-refractivity contribution < 1.29 is 14.6 Å². The molecule has 0 aromatic carbocycles. The van der Waals surface area contributed by atoms with Gasteiger partial charge in [-0.05, 0) is 37.3 Å². The van der Waals surface area contributed by atoms with Crippen LogP contribution in [0.25, 0.3) is 0 Å². The van der Waals surface area contributed by atoms with Crippen molar-refractivity contribution in [1.29, 1.82) is 0 Å². The van der Waals surface area contributed by atoms with Crippen LogP contribution in [0.15, 0.2) is 6.07 Å². The fourth-order valence-electron chi connectivity index (χ4n) is 2.04. The van der Waals surface area contributed by atoms with Crippen LogP contribution < -0.4 is 0 Å². The SMILES string of the molecule is CCc1cc(CO)sc1COC1CCCCO1. The Kier molecular flexibility index (Phi) is 4.98. The van der Waals surface area contributed by atoms with Gasteiger partial charge in [0, 0.05) is 16.4 Å². The summed E-state index contributed by atoms with van der Waals surface area (Å²) in [6.07, 6.45) is 4.29. The minimum Gasteiger partial charge on any atom is -0.391 e. The predicted octanol–water partition coefficient (Wildman–Crippen LogP) is 2.85. The lowest BCUT2D eigenvalue weighted by Gasteiger charge is -2.22. The van der Waals surface area contributed by atoms with Gasteiger partial charge in [0.1, 0.15) is 0 Å².